The van der Waals surface area contributed by atoms with Crippen LogP contribution in [0.25, 0.3) is 0 Å². The molecule has 0 saturated heterocycles. The summed E-state index contributed by atoms with van der Waals surface area (Å²) in [7, 11) is -4.21. The van der Waals surface area contributed by atoms with E-state index in [0.29, 0.717) is 11.6 Å². The number of carbonyl (C=O) groups is 2. The van der Waals surface area contributed by atoms with Crippen LogP contribution in [-0.2, 0) is 26.2 Å². The second kappa shape index (κ2) is 13.1. The minimum absolute atomic E-state index is 0.0159. The molecule has 208 valence electrons. The molecule has 2 amide bonds. The Labute approximate surface area is 234 Å². The van der Waals surface area contributed by atoms with Gasteiger partial charge in [-0.25, -0.2) is 12.8 Å². The van der Waals surface area contributed by atoms with E-state index in [-0.39, 0.29) is 28.6 Å². The van der Waals surface area contributed by atoms with Crippen LogP contribution in [0.5, 0.6) is 0 Å². The van der Waals surface area contributed by atoms with Gasteiger partial charge in [-0.3, -0.25) is 13.9 Å². The molecule has 0 aliphatic rings. The summed E-state index contributed by atoms with van der Waals surface area (Å²) in [5.74, 6) is -1.47. The van der Waals surface area contributed by atoms with E-state index >= 15 is 0 Å². The fourth-order valence-electron chi connectivity index (χ4n) is 3.83. The molecule has 0 heterocycles. The highest BCUT2D eigenvalue weighted by Crippen LogP contribution is 2.28. The molecule has 3 aromatic rings. The summed E-state index contributed by atoms with van der Waals surface area (Å²) in [5.41, 5.74) is 1.12. The van der Waals surface area contributed by atoms with Crippen LogP contribution in [0.4, 0.5) is 10.1 Å². The van der Waals surface area contributed by atoms with Crippen LogP contribution in [0, 0.1) is 18.7 Å². The van der Waals surface area contributed by atoms with Gasteiger partial charge in [-0.15, -0.1) is 0 Å². The molecule has 3 aromatic carbocycles. The second-order valence-corrected chi connectivity index (χ2v) is 12.0. The van der Waals surface area contributed by atoms with Crippen LogP contribution in [0.1, 0.15) is 31.9 Å². The van der Waals surface area contributed by atoms with Gasteiger partial charge in [0.05, 0.1) is 10.6 Å². The number of amides is 2. The first-order valence-electron chi connectivity index (χ1n) is 12.6. The molecule has 0 radical (unpaired) electrons. The first kappa shape index (κ1) is 30.1. The van der Waals surface area contributed by atoms with Gasteiger partial charge >= 0.3 is 0 Å². The van der Waals surface area contributed by atoms with Crippen molar-refractivity contribution in [1.82, 2.24) is 10.2 Å². The van der Waals surface area contributed by atoms with Crippen molar-refractivity contribution >= 4 is 39.1 Å². The van der Waals surface area contributed by atoms with E-state index in [1.165, 1.54) is 48.2 Å². The van der Waals surface area contributed by atoms with Crippen molar-refractivity contribution < 1.29 is 22.4 Å². The smallest absolute Gasteiger partial charge is 0.264 e. The fourth-order valence-corrected chi connectivity index (χ4v) is 5.43. The Balaban J connectivity index is 2.03. The summed E-state index contributed by atoms with van der Waals surface area (Å²) in [6.45, 7) is 6.72. The van der Waals surface area contributed by atoms with Gasteiger partial charge in [-0.1, -0.05) is 67.9 Å². The van der Waals surface area contributed by atoms with Crippen molar-refractivity contribution in [3.8, 4) is 0 Å². The number of hydrogen-bond acceptors (Lipinski definition) is 4. The first-order chi connectivity index (χ1) is 18.4. The van der Waals surface area contributed by atoms with Gasteiger partial charge in [-0.05, 0) is 55.7 Å². The third-order valence-corrected chi connectivity index (χ3v) is 8.40. The van der Waals surface area contributed by atoms with E-state index in [2.05, 4.69) is 5.32 Å². The van der Waals surface area contributed by atoms with Crippen LogP contribution in [0.15, 0.2) is 77.7 Å². The molecule has 0 aromatic heterocycles. The molecule has 0 aliphatic carbocycles. The Kier molecular flexibility index (Phi) is 10.1. The van der Waals surface area contributed by atoms with Crippen molar-refractivity contribution in [3.63, 3.8) is 0 Å². The Bertz CT molecular complexity index is 1420. The molecule has 0 bridgehead atoms. The molecule has 0 saturated carbocycles. The summed E-state index contributed by atoms with van der Waals surface area (Å²) in [6, 6.07) is 17.4. The standard InChI is InChI=1S/C29H33ClFN3O4S/c1-20(2)17-32-29(36)22(4)33(18-23-10-8-9-13-27(23)31)28(35)19-34(24-15-14-21(3)26(30)16-24)39(37,38)25-11-6-5-7-12-25/h5-16,20,22H,17-19H2,1-4H3,(H,32,36). The lowest BCUT2D eigenvalue weighted by molar-refractivity contribution is -0.139. The SMILES string of the molecule is Cc1ccc(N(CC(=O)N(Cc2ccccc2F)C(C)C(=O)NCC(C)C)S(=O)(=O)c2ccccc2)cc1Cl. The Morgan fingerprint density at radius 3 is 2.23 bits per heavy atom. The lowest BCUT2D eigenvalue weighted by Crippen LogP contribution is -2.51. The molecule has 39 heavy (non-hydrogen) atoms. The average molecular weight is 574 g/mol. The van der Waals surface area contributed by atoms with Crippen LogP contribution in [-0.4, -0.2) is 44.3 Å². The van der Waals surface area contributed by atoms with Gasteiger partial charge in [-0.2, -0.15) is 0 Å². The zero-order valence-corrected chi connectivity index (χ0v) is 24.0. The molecule has 1 unspecified atom stereocenters. The molecular weight excluding hydrogens is 541 g/mol. The Hall–Kier alpha value is -3.43. The van der Waals surface area contributed by atoms with Gasteiger partial charge in [0.2, 0.25) is 11.8 Å². The molecule has 1 N–H and O–H groups in total. The van der Waals surface area contributed by atoms with E-state index in [1.54, 1.807) is 43.3 Å². The normalized spacial score (nSPS) is 12.2. The van der Waals surface area contributed by atoms with E-state index in [0.717, 1.165) is 9.87 Å². The van der Waals surface area contributed by atoms with Crippen LogP contribution >= 0.6 is 11.6 Å². The minimum Gasteiger partial charge on any atom is -0.354 e. The zero-order valence-electron chi connectivity index (χ0n) is 22.4. The van der Waals surface area contributed by atoms with Crippen molar-refractivity contribution in [1.29, 1.82) is 0 Å². The number of benzene rings is 3. The van der Waals surface area contributed by atoms with Gasteiger partial charge in [0.25, 0.3) is 10.0 Å². The molecule has 0 spiro atoms. The molecule has 3 rings (SSSR count). The summed E-state index contributed by atoms with van der Waals surface area (Å²) < 4.78 is 43.1. The number of anilines is 1. The maximum atomic E-state index is 14.6. The van der Waals surface area contributed by atoms with Crippen LogP contribution < -0.4 is 9.62 Å². The summed E-state index contributed by atoms with van der Waals surface area (Å²) in [5, 5.41) is 3.13. The number of nitrogens with zero attached hydrogens (tertiary/aromatic N) is 2. The predicted molar refractivity (Wildman–Crippen MR) is 151 cm³/mol. The molecular formula is C29H33ClFN3O4S. The molecule has 10 heteroatoms. The highest BCUT2D eigenvalue weighted by Gasteiger charge is 2.33. The number of nitrogens with one attached hydrogen (secondary N) is 1. The van der Waals surface area contributed by atoms with Crippen molar-refractivity contribution in [2.45, 2.75) is 45.2 Å². The van der Waals surface area contributed by atoms with E-state index in [1.807, 2.05) is 13.8 Å². The largest absolute Gasteiger partial charge is 0.354 e. The Morgan fingerprint density at radius 1 is 0.974 bits per heavy atom. The van der Waals surface area contributed by atoms with Crippen LogP contribution in [0.3, 0.4) is 0 Å². The van der Waals surface area contributed by atoms with Crippen LogP contribution in [0.2, 0.25) is 5.02 Å². The number of aryl methyl sites for hydroxylation is 1. The highest BCUT2D eigenvalue weighted by molar-refractivity contribution is 7.92. The maximum absolute atomic E-state index is 14.6. The molecule has 0 aliphatic heterocycles. The van der Waals surface area contributed by atoms with E-state index < -0.39 is 40.2 Å². The Morgan fingerprint density at radius 2 is 1.62 bits per heavy atom. The fraction of sp³-hybridized carbons (Fsp3) is 0.310. The lowest BCUT2D eigenvalue weighted by Gasteiger charge is -2.32. The number of rotatable bonds is 11. The van der Waals surface area contributed by atoms with Crippen molar-refractivity contribution in [3.05, 3.63) is 94.8 Å². The monoisotopic (exact) mass is 573 g/mol. The quantitative estimate of drug-likeness (QED) is 0.343. The minimum atomic E-state index is -4.21. The van der Waals surface area contributed by atoms with E-state index in [9.17, 15) is 22.4 Å². The summed E-state index contributed by atoms with van der Waals surface area (Å²) >= 11 is 6.32. The number of carbonyl (C=O) groups excluding carboxylic acids is 2. The number of halogens is 2. The predicted octanol–water partition coefficient (Wildman–Crippen LogP) is 5.17. The second-order valence-electron chi connectivity index (χ2n) is 9.69. The first-order valence-corrected chi connectivity index (χ1v) is 14.4. The lowest BCUT2D eigenvalue weighted by atomic mass is 10.1. The maximum Gasteiger partial charge on any atom is 0.264 e. The third kappa shape index (κ3) is 7.58. The van der Waals surface area contributed by atoms with Gasteiger partial charge in [0.15, 0.2) is 0 Å². The highest BCUT2D eigenvalue weighted by atomic mass is 35.5. The summed E-state index contributed by atoms with van der Waals surface area (Å²) in [4.78, 5) is 28.0. The third-order valence-electron chi connectivity index (χ3n) is 6.20. The molecule has 1 atom stereocenters. The molecule has 7 nitrogen and oxygen atoms in total. The topological polar surface area (TPSA) is 86.8 Å². The number of hydrogen-bond donors (Lipinski definition) is 1. The summed E-state index contributed by atoms with van der Waals surface area (Å²) in [6.07, 6.45) is 0. The van der Waals surface area contributed by atoms with Crippen molar-refractivity contribution in [2.75, 3.05) is 17.4 Å². The van der Waals surface area contributed by atoms with E-state index in [4.69, 9.17) is 11.6 Å². The van der Waals surface area contributed by atoms with Gasteiger partial charge in [0.1, 0.15) is 18.4 Å². The van der Waals surface area contributed by atoms with Gasteiger partial charge in [0, 0.05) is 23.7 Å². The zero-order chi connectivity index (χ0) is 28.7. The van der Waals surface area contributed by atoms with Gasteiger partial charge < -0.3 is 10.2 Å². The molecule has 0 fully saturated rings. The number of sulfonamides is 1. The van der Waals surface area contributed by atoms with Crippen molar-refractivity contribution in [2.24, 2.45) is 5.92 Å². The average Bonchev–Trinajstić information content (AvgIpc) is 2.91.